The van der Waals surface area contributed by atoms with E-state index in [4.69, 9.17) is 0 Å². The van der Waals surface area contributed by atoms with Crippen LogP contribution in [0.2, 0.25) is 0 Å². The van der Waals surface area contributed by atoms with Crippen molar-refractivity contribution in [2.75, 3.05) is 12.5 Å². The lowest BCUT2D eigenvalue weighted by Gasteiger charge is -2.13. The van der Waals surface area contributed by atoms with E-state index in [1.165, 1.54) is 12.5 Å². The molecule has 0 saturated heterocycles. The van der Waals surface area contributed by atoms with E-state index < -0.39 is 12.2 Å². The standard InChI is InChI=1S/C3H6F3PS2/c1-8-7(9-2)3(4,5)6/h1-2H3. The average Bonchev–Trinajstić information content (AvgIpc) is 1.65. The van der Waals surface area contributed by atoms with E-state index in [-0.39, 0.29) is 0 Å². The van der Waals surface area contributed by atoms with Gasteiger partial charge >= 0.3 is 5.92 Å². The van der Waals surface area contributed by atoms with Crippen LogP contribution in [-0.4, -0.2) is 18.4 Å². The summed E-state index contributed by atoms with van der Waals surface area (Å²) in [4.78, 5) is 0. The average molecular weight is 194 g/mol. The fraction of sp³-hybridized carbons (Fsp3) is 1.00. The van der Waals surface area contributed by atoms with E-state index in [0.717, 1.165) is 22.8 Å². The van der Waals surface area contributed by atoms with Gasteiger partial charge in [-0.05, 0) is 12.5 Å². The third kappa shape index (κ3) is 3.58. The van der Waals surface area contributed by atoms with Crippen molar-refractivity contribution in [1.82, 2.24) is 0 Å². The first kappa shape index (κ1) is 9.92. The van der Waals surface area contributed by atoms with Crippen molar-refractivity contribution in [3.05, 3.63) is 0 Å². The van der Waals surface area contributed by atoms with Gasteiger partial charge in [0.2, 0.25) is 0 Å². The third-order valence-electron chi connectivity index (χ3n) is 0.539. The zero-order valence-corrected chi connectivity index (χ0v) is 7.43. The maximum absolute atomic E-state index is 11.7. The lowest BCUT2D eigenvalue weighted by Crippen LogP contribution is -1.98. The summed E-state index contributed by atoms with van der Waals surface area (Å²) in [5.41, 5.74) is 0. The van der Waals surface area contributed by atoms with Gasteiger partial charge in [-0.1, -0.05) is 0 Å². The van der Waals surface area contributed by atoms with Crippen molar-refractivity contribution < 1.29 is 13.2 Å². The van der Waals surface area contributed by atoms with Gasteiger partial charge in [0.05, 0.1) is 0 Å². The molecule has 0 bridgehead atoms. The quantitative estimate of drug-likeness (QED) is 0.616. The zero-order chi connectivity index (χ0) is 7.49. The molecule has 6 heteroatoms. The summed E-state index contributed by atoms with van der Waals surface area (Å²) in [5.74, 6) is -3.99. The Bertz CT molecular complexity index is 79.6. The maximum atomic E-state index is 11.7. The van der Waals surface area contributed by atoms with Crippen molar-refractivity contribution in [3.63, 3.8) is 0 Å². The fourth-order valence-corrected chi connectivity index (χ4v) is 3.88. The van der Waals surface area contributed by atoms with Gasteiger partial charge < -0.3 is 0 Å². The highest BCUT2D eigenvalue weighted by Crippen LogP contribution is 2.69. The number of hydrogen-bond donors (Lipinski definition) is 0. The van der Waals surface area contributed by atoms with Crippen LogP contribution < -0.4 is 0 Å². The molecule has 0 aromatic rings. The molecule has 0 heterocycles. The third-order valence-corrected chi connectivity index (χ3v) is 7.53. The molecule has 9 heavy (non-hydrogen) atoms. The van der Waals surface area contributed by atoms with Crippen LogP contribution in [0.5, 0.6) is 0 Å². The molecule has 0 rings (SSSR count). The first-order chi connectivity index (χ1) is 4.02. The van der Waals surface area contributed by atoms with Crippen LogP contribution in [0.15, 0.2) is 0 Å². The first-order valence-electron chi connectivity index (χ1n) is 1.97. The van der Waals surface area contributed by atoms with Gasteiger partial charge in [0.15, 0.2) is 0 Å². The van der Waals surface area contributed by atoms with Crippen LogP contribution in [0.1, 0.15) is 0 Å². The molecule has 0 saturated carbocycles. The van der Waals surface area contributed by atoms with Crippen molar-refractivity contribution >= 4 is 29.1 Å². The molecule has 0 atom stereocenters. The molecule has 0 radical (unpaired) electrons. The van der Waals surface area contributed by atoms with Crippen molar-refractivity contribution in [3.8, 4) is 0 Å². The number of alkyl halides is 3. The SMILES string of the molecule is CSP(SC)C(F)(F)F. The zero-order valence-electron chi connectivity index (χ0n) is 4.90. The summed E-state index contributed by atoms with van der Waals surface area (Å²) in [6, 6.07) is 0. The van der Waals surface area contributed by atoms with Crippen molar-refractivity contribution in [1.29, 1.82) is 0 Å². The molecule has 0 nitrogen and oxygen atoms in total. The van der Waals surface area contributed by atoms with Crippen LogP contribution in [0.3, 0.4) is 0 Å². The number of halogens is 3. The largest absolute Gasteiger partial charge is 0.424 e. The van der Waals surface area contributed by atoms with Gasteiger partial charge in [0, 0.05) is 0 Å². The monoisotopic (exact) mass is 194 g/mol. The van der Waals surface area contributed by atoms with Crippen LogP contribution >= 0.6 is 29.1 Å². The minimum absolute atomic E-state index is 0.880. The topological polar surface area (TPSA) is 0 Å². The number of rotatable bonds is 2. The summed E-state index contributed by atoms with van der Waals surface area (Å²) < 4.78 is 35.1. The van der Waals surface area contributed by atoms with Crippen molar-refractivity contribution in [2.45, 2.75) is 5.92 Å². The Morgan fingerprint density at radius 2 is 1.44 bits per heavy atom. The summed E-state index contributed by atoms with van der Waals surface area (Å²) >= 11 is 1.76. The first-order valence-corrected chi connectivity index (χ1v) is 6.97. The van der Waals surface area contributed by atoms with Gasteiger partial charge in [-0.15, -0.1) is 22.8 Å². The molecular weight excluding hydrogens is 188 g/mol. The molecule has 0 spiro atoms. The lowest BCUT2D eigenvalue weighted by molar-refractivity contribution is -0.0359. The molecule has 0 aliphatic rings. The van der Waals surface area contributed by atoms with E-state index in [9.17, 15) is 13.2 Å². The predicted molar refractivity (Wildman–Crippen MR) is 40.0 cm³/mol. The summed E-state index contributed by atoms with van der Waals surface area (Å²) in [7, 11) is 0. The minimum atomic E-state index is -3.99. The number of hydrogen-bond acceptors (Lipinski definition) is 2. The van der Waals surface area contributed by atoms with E-state index in [1.807, 2.05) is 0 Å². The Morgan fingerprint density at radius 3 is 1.44 bits per heavy atom. The predicted octanol–water partition coefficient (Wildman–Crippen LogP) is 3.54. The minimum Gasteiger partial charge on any atom is -0.165 e. The van der Waals surface area contributed by atoms with Gasteiger partial charge in [-0.2, -0.15) is 13.2 Å². The summed E-state index contributed by atoms with van der Waals surface area (Å²) in [5, 5.41) is 0. The van der Waals surface area contributed by atoms with Gasteiger partial charge in [-0.25, -0.2) is 0 Å². The van der Waals surface area contributed by atoms with E-state index in [0.29, 0.717) is 0 Å². The summed E-state index contributed by atoms with van der Waals surface area (Å²) in [6.45, 7) is 0. The smallest absolute Gasteiger partial charge is 0.165 e. The van der Waals surface area contributed by atoms with Gasteiger partial charge in [-0.3, -0.25) is 0 Å². The highest BCUT2D eigenvalue weighted by Gasteiger charge is 2.38. The highest BCUT2D eigenvalue weighted by molar-refractivity contribution is 8.88. The molecule has 0 aromatic heterocycles. The van der Waals surface area contributed by atoms with Crippen molar-refractivity contribution in [2.24, 2.45) is 0 Å². The molecule has 0 fully saturated rings. The van der Waals surface area contributed by atoms with E-state index in [1.54, 1.807) is 0 Å². The Kier molecular flexibility index (Phi) is 4.34. The van der Waals surface area contributed by atoms with Gasteiger partial charge in [0.25, 0.3) is 0 Å². The van der Waals surface area contributed by atoms with Crippen LogP contribution in [0.25, 0.3) is 0 Å². The molecule has 0 N–H and O–H groups in total. The molecule has 0 unspecified atom stereocenters. The molecular formula is C3H6F3PS2. The Hall–Kier alpha value is 0.920. The molecule has 56 valence electrons. The second-order valence-electron chi connectivity index (χ2n) is 1.09. The molecule has 0 amide bonds. The molecule has 0 aliphatic carbocycles. The summed E-state index contributed by atoms with van der Waals surface area (Å²) in [6.07, 6.45) is 1.10. The molecule has 0 aliphatic heterocycles. The fourth-order valence-electron chi connectivity index (χ4n) is 0.282. The highest BCUT2D eigenvalue weighted by atomic mass is 33.1. The van der Waals surface area contributed by atoms with E-state index >= 15 is 0 Å². The second kappa shape index (κ2) is 3.94. The van der Waals surface area contributed by atoms with E-state index in [2.05, 4.69) is 0 Å². The Balaban J connectivity index is 3.79. The Labute approximate surface area is 61.2 Å². The molecule has 0 aromatic carbocycles. The van der Waals surface area contributed by atoms with Gasteiger partial charge in [0.1, 0.15) is 6.33 Å². The second-order valence-corrected chi connectivity index (χ2v) is 7.92. The van der Waals surface area contributed by atoms with Crippen LogP contribution in [0, 0.1) is 0 Å². The normalized spacial score (nSPS) is 12.7. The lowest BCUT2D eigenvalue weighted by atomic mass is 11.6. The maximum Gasteiger partial charge on any atom is 0.424 e. The Morgan fingerprint density at radius 1 is 1.11 bits per heavy atom. The van der Waals surface area contributed by atoms with Crippen LogP contribution in [-0.2, 0) is 0 Å². The van der Waals surface area contributed by atoms with Crippen LogP contribution in [0.4, 0.5) is 13.2 Å².